The van der Waals surface area contributed by atoms with Gasteiger partial charge in [-0.1, -0.05) is 27.7 Å². The van der Waals surface area contributed by atoms with E-state index < -0.39 is 0 Å². The predicted molar refractivity (Wildman–Crippen MR) is 83.4 cm³/mol. The zero-order valence-electron chi connectivity index (χ0n) is 14.0. The van der Waals surface area contributed by atoms with Crippen LogP contribution in [0.2, 0.25) is 0 Å². The van der Waals surface area contributed by atoms with Gasteiger partial charge in [-0.2, -0.15) is 0 Å². The molecule has 0 aliphatic heterocycles. The van der Waals surface area contributed by atoms with Gasteiger partial charge in [-0.05, 0) is 69.4 Å². The quantitative estimate of drug-likeness (QED) is 0.784. The number of hydrogen-bond donors (Lipinski definition) is 1. The lowest BCUT2D eigenvalue weighted by Crippen LogP contribution is -2.38. The zero-order valence-corrected chi connectivity index (χ0v) is 14.0. The molecule has 0 bridgehead atoms. The average molecular weight is 269 g/mol. The summed E-state index contributed by atoms with van der Waals surface area (Å²) in [6.45, 7) is 16.8. The summed E-state index contributed by atoms with van der Waals surface area (Å²) in [5.74, 6) is 2.39. The first kappa shape index (κ1) is 17.0. The molecule has 19 heavy (non-hydrogen) atoms. The Hall–Kier alpha value is -0.0800. The summed E-state index contributed by atoms with van der Waals surface area (Å²) in [5.41, 5.74) is 0.444. The van der Waals surface area contributed by atoms with E-state index in [1.165, 1.54) is 25.8 Å². The van der Waals surface area contributed by atoms with Gasteiger partial charge in [0.05, 0.1) is 12.7 Å². The van der Waals surface area contributed by atoms with Crippen molar-refractivity contribution in [3.05, 3.63) is 0 Å². The summed E-state index contributed by atoms with van der Waals surface area (Å²) in [7, 11) is 0. The van der Waals surface area contributed by atoms with E-state index in [2.05, 4.69) is 46.9 Å². The summed E-state index contributed by atoms with van der Waals surface area (Å²) >= 11 is 0. The first-order valence-corrected chi connectivity index (χ1v) is 8.16. The van der Waals surface area contributed by atoms with Crippen molar-refractivity contribution in [1.29, 1.82) is 0 Å². The van der Waals surface area contributed by atoms with Crippen LogP contribution in [0.15, 0.2) is 0 Å². The number of nitrogens with one attached hydrogen (secondary N) is 1. The Balaban J connectivity index is 2.57. The van der Waals surface area contributed by atoms with Gasteiger partial charge in [-0.25, -0.2) is 0 Å². The van der Waals surface area contributed by atoms with Crippen molar-refractivity contribution in [2.45, 2.75) is 66.9 Å². The Kier molecular flexibility index (Phi) is 6.82. The second kappa shape index (κ2) is 7.64. The number of ether oxygens (including phenoxy) is 1. The van der Waals surface area contributed by atoms with E-state index in [4.69, 9.17) is 4.74 Å². The fourth-order valence-electron chi connectivity index (χ4n) is 3.23. The molecular formula is C17H35NO. The van der Waals surface area contributed by atoms with Gasteiger partial charge in [0.15, 0.2) is 0 Å². The lowest BCUT2D eigenvalue weighted by molar-refractivity contribution is -0.00167. The highest BCUT2D eigenvalue weighted by Crippen LogP contribution is 2.42. The van der Waals surface area contributed by atoms with E-state index in [0.29, 0.717) is 11.5 Å². The lowest BCUT2D eigenvalue weighted by Gasteiger charge is -2.42. The molecule has 0 aromatic heterocycles. The Labute approximate surface area is 120 Å². The minimum Gasteiger partial charge on any atom is -0.378 e. The van der Waals surface area contributed by atoms with Gasteiger partial charge in [0.2, 0.25) is 0 Å². The minimum absolute atomic E-state index is 0.356. The van der Waals surface area contributed by atoms with E-state index in [9.17, 15) is 0 Å². The maximum atomic E-state index is 5.92. The molecule has 3 unspecified atom stereocenters. The molecule has 3 atom stereocenters. The molecule has 2 nitrogen and oxygen atoms in total. The largest absolute Gasteiger partial charge is 0.378 e. The van der Waals surface area contributed by atoms with Gasteiger partial charge in [-0.3, -0.25) is 0 Å². The van der Waals surface area contributed by atoms with Gasteiger partial charge >= 0.3 is 0 Å². The third-order valence-corrected chi connectivity index (χ3v) is 4.66. The SMILES string of the molecule is CCNCC1CCC(C(C)(C)C)CC1COC(C)C. The van der Waals surface area contributed by atoms with Gasteiger partial charge in [0, 0.05) is 0 Å². The van der Waals surface area contributed by atoms with Crippen LogP contribution >= 0.6 is 0 Å². The van der Waals surface area contributed by atoms with E-state index in [-0.39, 0.29) is 0 Å². The van der Waals surface area contributed by atoms with Crippen LogP contribution in [0.4, 0.5) is 0 Å². The second-order valence-electron chi connectivity index (χ2n) is 7.59. The Morgan fingerprint density at radius 1 is 1.16 bits per heavy atom. The van der Waals surface area contributed by atoms with Crippen LogP contribution in [0.1, 0.15) is 60.8 Å². The molecule has 1 saturated carbocycles. The zero-order chi connectivity index (χ0) is 14.5. The third-order valence-electron chi connectivity index (χ3n) is 4.66. The predicted octanol–water partition coefficient (Wildman–Crippen LogP) is 4.10. The van der Waals surface area contributed by atoms with Crippen LogP contribution in [-0.4, -0.2) is 25.8 Å². The first-order valence-electron chi connectivity index (χ1n) is 8.16. The van der Waals surface area contributed by atoms with E-state index in [0.717, 1.165) is 30.9 Å². The van der Waals surface area contributed by atoms with E-state index in [1.807, 2.05) is 0 Å². The molecule has 0 heterocycles. The summed E-state index contributed by atoms with van der Waals surface area (Å²) in [4.78, 5) is 0. The minimum atomic E-state index is 0.356. The van der Waals surface area contributed by atoms with Crippen LogP contribution in [-0.2, 0) is 4.74 Å². The second-order valence-corrected chi connectivity index (χ2v) is 7.59. The van der Waals surface area contributed by atoms with Crippen molar-refractivity contribution >= 4 is 0 Å². The van der Waals surface area contributed by atoms with Crippen LogP contribution in [0, 0.1) is 23.2 Å². The van der Waals surface area contributed by atoms with E-state index >= 15 is 0 Å². The van der Waals surface area contributed by atoms with Gasteiger partial charge in [0.1, 0.15) is 0 Å². The molecule has 0 aromatic carbocycles. The van der Waals surface area contributed by atoms with Crippen LogP contribution < -0.4 is 5.32 Å². The van der Waals surface area contributed by atoms with Crippen molar-refractivity contribution in [3.63, 3.8) is 0 Å². The van der Waals surface area contributed by atoms with Crippen molar-refractivity contribution in [3.8, 4) is 0 Å². The Morgan fingerprint density at radius 2 is 1.84 bits per heavy atom. The maximum Gasteiger partial charge on any atom is 0.0519 e. The van der Waals surface area contributed by atoms with Crippen molar-refractivity contribution in [1.82, 2.24) is 5.32 Å². The molecule has 0 saturated heterocycles. The molecule has 1 fully saturated rings. The fraction of sp³-hybridized carbons (Fsp3) is 1.00. The molecule has 1 rings (SSSR count). The molecule has 1 N–H and O–H groups in total. The van der Waals surface area contributed by atoms with Crippen LogP contribution in [0.3, 0.4) is 0 Å². The maximum absolute atomic E-state index is 5.92. The van der Waals surface area contributed by atoms with Crippen molar-refractivity contribution in [2.24, 2.45) is 23.2 Å². The smallest absolute Gasteiger partial charge is 0.0519 e. The Bertz CT molecular complexity index is 244. The summed E-state index contributed by atoms with van der Waals surface area (Å²) < 4.78 is 5.92. The van der Waals surface area contributed by atoms with Crippen molar-refractivity contribution < 1.29 is 4.74 Å². The standard InChI is InChI=1S/C17H35NO/c1-7-18-11-14-8-9-16(17(4,5)6)10-15(14)12-19-13(2)3/h13-16,18H,7-12H2,1-6H3. The average Bonchev–Trinajstić information content (AvgIpc) is 2.33. The molecule has 1 aliphatic rings. The fourth-order valence-corrected chi connectivity index (χ4v) is 3.23. The molecule has 1 aliphatic carbocycles. The monoisotopic (exact) mass is 269 g/mol. The number of rotatable bonds is 6. The van der Waals surface area contributed by atoms with Crippen LogP contribution in [0.5, 0.6) is 0 Å². The summed E-state index contributed by atoms with van der Waals surface area (Å²) in [6.07, 6.45) is 4.44. The first-order chi connectivity index (χ1) is 8.84. The lowest BCUT2D eigenvalue weighted by atomic mass is 9.65. The molecular weight excluding hydrogens is 234 g/mol. The molecule has 0 radical (unpaired) electrons. The molecule has 0 amide bonds. The molecule has 0 aromatic rings. The summed E-state index contributed by atoms with van der Waals surface area (Å²) in [5, 5.41) is 3.53. The third kappa shape index (κ3) is 5.83. The van der Waals surface area contributed by atoms with Gasteiger partial charge in [-0.15, -0.1) is 0 Å². The molecule has 2 heteroatoms. The molecule has 0 spiro atoms. The van der Waals surface area contributed by atoms with Gasteiger partial charge < -0.3 is 10.1 Å². The van der Waals surface area contributed by atoms with E-state index in [1.54, 1.807) is 0 Å². The number of hydrogen-bond acceptors (Lipinski definition) is 2. The normalized spacial score (nSPS) is 28.9. The Morgan fingerprint density at radius 3 is 2.37 bits per heavy atom. The van der Waals surface area contributed by atoms with Crippen molar-refractivity contribution in [2.75, 3.05) is 19.7 Å². The highest BCUT2D eigenvalue weighted by Gasteiger charge is 2.35. The highest BCUT2D eigenvalue weighted by atomic mass is 16.5. The van der Waals surface area contributed by atoms with Crippen LogP contribution in [0.25, 0.3) is 0 Å². The summed E-state index contributed by atoms with van der Waals surface area (Å²) in [6, 6.07) is 0. The highest BCUT2D eigenvalue weighted by molar-refractivity contribution is 4.86. The molecule has 114 valence electrons. The van der Waals surface area contributed by atoms with Gasteiger partial charge in [0.25, 0.3) is 0 Å². The topological polar surface area (TPSA) is 21.3 Å².